The summed E-state index contributed by atoms with van der Waals surface area (Å²) >= 11 is 0. The minimum absolute atomic E-state index is 0.599. The SMILES string of the molecule is CCOc1cccc(-n2nnnc2-c2ccccc2N)c1. The molecular weight excluding hydrogens is 266 g/mol. The van der Waals surface area contributed by atoms with Gasteiger partial charge in [-0.15, -0.1) is 5.10 Å². The van der Waals surface area contributed by atoms with Gasteiger partial charge in [-0.25, -0.2) is 0 Å². The highest BCUT2D eigenvalue weighted by Gasteiger charge is 2.13. The van der Waals surface area contributed by atoms with Crippen LogP contribution in [0, 0.1) is 0 Å². The number of hydrogen-bond donors (Lipinski definition) is 1. The summed E-state index contributed by atoms with van der Waals surface area (Å²) in [4.78, 5) is 0. The molecular formula is C15H15N5O. The highest BCUT2D eigenvalue weighted by atomic mass is 16.5. The van der Waals surface area contributed by atoms with Crippen LogP contribution < -0.4 is 10.5 Å². The molecule has 3 rings (SSSR count). The summed E-state index contributed by atoms with van der Waals surface area (Å²) in [5, 5.41) is 11.9. The number of aromatic nitrogens is 4. The number of benzene rings is 2. The fourth-order valence-electron chi connectivity index (χ4n) is 2.10. The first-order valence-corrected chi connectivity index (χ1v) is 6.66. The fraction of sp³-hybridized carbons (Fsp3) is 0.133. The minimum Gasteiger partial charge on any atom is -0.494 e. The Hall–Kier alpha value is -2.89. The van der Waals surface area contributed by atoms with Gasteiger partial charge in [-0.3, -0.25) is 0 Å². The van der Waals surface area contributed by atoms with E-state index in [9.17, 15) is 0 Å². The molecule has 0 spiro atoms. The summed E-state index contributed by atoms with van der Waals surface area (Å²) in [6.45, 7) is 2.55. The van der Waals surface area contributed by atoms with Crippen LogP contribution in [0.2, 0.25) is 0 Å². The normalized spacial score (nSPS) is 10.5. The summed E-state index contributed by atoms with van der Waals surface area (Å²) in [5.41, 5.74) is 8.26. The van der Waals surface area contributed by atoms with Gasteiger partial charge in [0.2, 0.25) is 0 Å². The van der Waals surface area contributed by atoms with Gasteiger partial charge in [0.15, 0.2) is 5.82 Å². The Kier molecular flexibility index (Phi) is 3.51. The lowest BCUT2D eigenvalue weighted by Gasteiger charge is -2.08. The molecule has 0 saturated carbocycles. The lowest BCUT2D eigenvalue weighted by molar-refractivity contribution is 0.340. The first-order chi connectivity index (χ1) is 10.3. The van der Waals surface area contributed by atoms with Crippen molar-refractivity contribution in [2.24, 2.45) is 0 Å². The lowest BCUT2D eigenvalue weighted by Crippen LogP contribution is -2.02. The molecule has 0 bridgehead atoms. The zero-order valence-electron chi connectivity index (χ0n) is 11.6. The van der Waals surface area contributed by atoms with E-state index in [1.165, 1.54) is 0 Å². The van der Waals surface area contributed by atoms with Crippen LogP contribution in [-0.2, 0) is 0 Å². The maximum absolute atomic E-state index is 6.00. The molecule has 1 aromatic heterocycles. The van der Waals surface area contributed by atoms with E-state index in [2.05, 4.69) is 15.5 Å². The molecule has 6 heteroatoms. The molecule has 0 aliphatic rings. The van der Waals surface area contributed by atoms with E-state index in [0.717, 1.165) is 17.0 Å². The monoisotopic (exact) mass is 281 g/mol. The highest BCUT2D eigenvalue weighted by Crippen LogP contribution is 2.26. The molecule has 0 aliphatic heterocycles. The molecule has 21 heavy (non-hydrogen) atoms. The summed E-state index contributed by atoms with van der Waals surface area (Å²) < 4.78 is 7.15. The number of nitrogens with zero attached hydrogens (tertiary/aromatic N) is 4. The second-order valence-corrected chi connectivity index (χ2v) is 4.43. The molecule has 106 valence electrons. The van der Waals surface area contributed by atoms with Crippen LogP contribution in [0.15, 0.2) is 48.5 Å². The van der Waals surface area contributed by atoms with Crippen LogP contribution in [0.3, 0.4) is 0 Å². The summed E-state index contributed by atoms with van der Waals surface area (Å²) in [6, 6.07) is 15.1. The van der Waals surface area contributed by atoms with Gasteiger partial charge in [0.05, 0.1) is 12.3 Å². The Bertz CT molecular complexity index is 753. The van der Waals surface area contributed by atoms with Gasteiger partial charge >= 0.3 is 0 Å². The Labute approximate surface area is 122 Å². The Morgan fingerprint density at radius 1 is 1.14 bits per heavy atom. The molecule has 1 heterocycles. The van der Waals surface area contributed by atoms with Gasteiger partial charge < -0.3 is 10.5 Å². The molecule has 0 aliphatic carbocycles. The zero-order chi connectivity index (χ0) is 14.7. The topological polar surface area (TPSA) is 78.8 Å². The number of para-hydroxylation sites is 1. The summed E-state index contributed by atoms with van der Waals surface area (Å²) in [6.07, 6.45) is 0. The van der Waals surface area contributed by atoms with Crippen molar-refractivity contribution >= 4 is 5.69 Å². The van der Waals surface area contributed by atoms with E-state index >= 15 is 0 Å². The molecule has 0 saturated heterocycles. The van der Waals surface area contributed by atoms with Crippen LogP contribution in [-0.4, -0.2) is 26.8 Å². The first-order valence-electron chi connectivity index (χ1n) is 6.66. The third-order valence-electron chi connectivity index (χ3n) is 3.04. The second-order valence-electron chi connectivity index (χ2n) is 4.43. The zero-order valence-corrected chi connectivity index (χ0v) is 11.6. The van der Waals surface area contributed by atoms with E-state index in [-0.39, 0.29) is 0 Å². The van der Waals surface area contributed by atoms with Gasteiger partial charge in [0.1, 0.15) is 5.75 Å². The fourth-order valence-corrected chi connectivity index (χ4v) is 2.10. The smallest absolute Gasteiger partial charge is 0.189 e. The largest absolute Gasteiger partial charge is 0.494 e. The first kappa shape index (κ1) is 13.1. The Morgan fingerprint density at radius 2 is 2.00 bits per heavy atom. The third-order valence-corrected chi connectivity index (χ3v) is 3.04. The summed E-state index contributed by atoms with van der Waals surface area (Å²) in [7, 11) is 0. The predicted molar refractivity (Wildman–Crippen MR) is 80.2 cm³/mol. The van der Waals surface area contributed by atoms with Crippen molar-refractivity contribution in [2.45, 2.75) is 6.92 Å². The van der Waals surface area contributed by atoms with E-state index in [0.29, 0.717) is 18.1 Å². The van der Waals surface area contributed by atoms with Crippen LogP contribution in [0.1, 0.15) is 6.92 Å². The Morgan fingerprint density at radius 3 is 2.81 bits per heavy atom. The average Bonchev–Trinajstić information content (AvgIpc) is 2.98. The maximum atomic E-state index is 6.00. The van der Waals surface area contributed by atoms with Crippen molar-refractivity contribution < 1.29 is 4.74 Å². The molecule has 6 nitrogen and oxygen atoms in total. The number of nitrogens with two attached hydrogens (primary N) is 1. The van der Waals surface area contributed by atoms with Gasteiger partial charge in [-0.05, 0) is 41.6 Å². The minimum atomic E-state index is 0.599. The highest BCUT2D eigenvalue weighted by molar-refractivity contribution is 5.72. The van der Waals surface area contributed by atoms with Crippen molar-refractivity contribution in [2.75, 3.05) is 12.3 Å². The van der Waals surface area contributed by atoms with E-state index < -0.39 is 0 Å². The quantitative estimate of drug-likeness (QED) is 0.742. The molecule has 0 radical (unpaired) electrons. The van der Waals surface area contributed by atoms with Gasteiger partial charge in [-0.2, -0.15) is 4.68 Å². The summed E-state index contributed by atoms with van der Waals surface area (Å²) in [5.74, 6) is 1.37. The number of anilines is 1. The number of nitrogen functional groups attached to an aromatic ring is 1. The average molecular weight is 281 g/mol. The van der Waals surface area contributed by atoms with E-state index in [1.54, 1.807) is 4.68 Å². The van der Waals surface area contributed by atoms with E-state index in [4.69, 9.17) is 10.5 Å². The number of hydrogen-bond acceptors (Lipinski definition) is 5. The van der Waals surface area contributed by atoms with Gasteiger partial charge in [0.25, 0.3) is 0 Å². The molecule has 0 amide bonds. The number of tetrazole rings is 1. The van der Waals surface area contributed by atoms with Crippen molar-refractivity contribution in [3.05, 3.63) is 48.5 Å². The van der Waals surface area contributed by atoms with Crippen LogP contribution in [0.25, 0.3) is 17.1 Å². The lowest BCUT2D eigenvalue weighted by atomic mass is 10.1. The van der Waals surface area contributed by atoms with Crippen molar-refractivity contribution in [3.8, 4) is 22.8 Å². The standard InChI is InChI=1S/C15H15N5O/c1-2-21-12-7-5-6-11(10-12)20-15(17-18-19-20)13-8-3-4-9-14(13)16/h3-10H,2,16H2,1H3. The number of rotatable bonds is 4. The maximum Gasteiger partial charge on any atom is 0.189 e. The molecule has 0 fully saturated rings. The van der Waals surface area contributed by atoms with Crippen LogP contribution >= 0.6 is 0 Å². The molecule has 0 unspecified atom stereocenters. The van der Waals surface area contributed by atoms with Crippen LogP contribution in [0.4, 0.5) is 5.69 Å². The van der Waals surface area contributed by atoms with Gasteiger partial charge in [0, 0.05) is 17.3 Å². The molecule has 2 N–H and O–H groups in total. The number of ether oxygens (including phenoxy) is 1. The van der Waals surface area contributed by atoms with Crippen molar-refractivity contribution in [1.29, 1.82) is 0 Å². The molecule has 3 aromatic rings. The van der Waals surface area contributed by atoms with Crippen molar-refractivity contribution in [1.82, 2.24) is 20.2 Å². The van der Waals surface area contributed by atoms with E-state index in [1.807, 2.05) is 55.5 Å². The predicted octanol–water partition coefficient (Wildman–Crippen LogP) is 2.31. The third kappa shape index (κ3) is 2.55. The molecule has 2 aromatic carbocycles. The van der Waals surface area contributed by atoms with Crippen molar-refractivity contribution in [3.63, 3.8) is 0 Å². The van der Waals surface area contributed by atoms with Gasteiger partial charge in [-0.1, -0.05) is 18.2 Å². The Balaban J connectivity index is 2.07. The van der Waals surface area contributed by atoms with Crippen LogP contribution in [0.5, 0.6) is 5.75 Å². The second kappa shape index (κ2) is 5.62. The molecule has 0 atom stereocenters.